The molecule has 1 rings (SSSR count). The molecule has 1 saturated heterocycles. The van der Waals surface area contributed by atoms with Gasteiger partial charge in [-0.25, -0.2) is 0 Å². The minimum atomic E-state index is -3.08. The average molecular weight is 223 g/mol. The maximum atomic E-state index is 12.1. The molecule has 0 unspecified atom stereocenters. The van der Waals surface area contributed by atoms with E-state index in [1.807, 2.05) is 0 Å². The van der Waals surface area contributed by atoms with Crippen LogP contribution in [0.4, 0.5) is 0 Å². The number of β-amino-alcohol motifs (C(OH)–C–C–N with tert-alkyl or cyclic N) is 1. The first-order valence-corrected chi connectivity index (χ1v) is 6.53. The zero-order valence-corrected chi connectivity index (χ0v) is 9.50. The summed E-state index contributed by atoms with van der Waals surface area (Å²) in [6, 6.07) is 0. The van der Waals surface area contributed by atoms with Crippen LogP contribution in [0.5, 0.6) is 0 Å². The summed E-state index contributed by atoms with van der Waals surface area (Å²) in [5, 5.41) is 12.3. The lowest BCUT2D eigenvalue weighted by Gasteiger charge is -2.22. The van der Waals surface area contributed by atoms with Crippen molar-refractivity contribution in [2.75, 3.05) is 19.8 Å². The Kier molecular flexibility index (Phi) is 4.54. The lowest BCUT2D eigenvalue weighted by molar-refractivity contribution is 0.186. The van der Waals surface area contributed by atoms with Gasteiger partial charge in [-0.15, -0.1) is 0 Å². The fourth-order valence-corrected chi connectivity index (χ4v) is 3.50. The second-order valence-electron chi connectivity index (χ2n) is 3.19. The fourth-order valence-electron chi connectivity index (χ4n) is 1.51. The van der Waals surface area contributed by atoms with Crippen molar-refractivity contribution < 1.29 is 18.7 Å². The highest BCUT2D eigenvalue weighted by Gasteiger charge is 2.40. The Bertz CT molecular complexity index is 213. The Morgan fingerprint density at radius 3 is 2.36 bits per heavy atom. The van der Waals surface area contributed by atoms with Gasteiger partial charge in [0.2, 0.25) is 0 Å². The van der Waals surface area contributed by atoms with E-state index in [9.17, 15) is 9.67 Å². The topological polar surface area (TPSA) is 67.8 Å². The van der Waals surface area contributed by atoms with Crippen LogP contribution in [0, 0.1) is 0 Å². The molecule has 0 saturated carbocycles. The lowest BCUT2D eigenvalue weighted by atomic mass is 10.3. The zero-order valence-electron chi connectivity index (χ0n) is 8.60. The van der Waals surface area contributed by atoms with Gasteiger partial charge in [-0.2, -0.15) is 0 Å². The molecule has 0 spiro atoms. The normalized spacial score (nSPS) is 28.2. The molecule has 0 aromatic rings. The number of rotatable bonds is 5. The van der Waals surface area contributed by atoms with E-state index in [-0.39, 0.29) is 5.78 Å². The minimum absolute atomic E-state index is 0.353. The van der Waals surface area contributed by atoms with E-state index in [0.29, 0.717) is 26.2 Å². The molecule has 0 amide bonds. The summed E-state index contributed by atoms with van der Waals surface area (Å²) in [5.41, 5.74) is 0. The number of aliphatic hydroxyl groups is 1. The number of hydrogen-bond acceptors (Lipinski definition) is 5. The van der Waals surface area contributed by atoms with Crippen molar-refractivity contribution in [1.82, 2.24) is 5.32 Å². The first kappa shape index (κ1) is 12.1. The van der Waals surface area contributed by atoms with Crippen LogP contribution in [0.25, 0.3) is 0 Å². The summed E-state index contributed by atoms with van der Waals surface area (Å²) >= 11 is 0. The highest BCUT2D eigenvalue weighted by atomic mass is 31.2. The predicted octanol–water partition coefficient (Wildman–Crippen LogP) is 0.933. The molecule has 14 heavy (non-hydrogen) atoms. The Morgan fingerprint density at radius 2 is 2.00 bits per heavy atom. The smallest absolute Gasteiger partial charge is 0.347 e. The largest absolute Gasteiger partial charge is 0.392 e. The Hall–Kier alpha value is 0.0700. The Morgan fingerprint density at radius 1 is 1.43 bits per heavy atom. The molecule has 1 heterocycles. The summed E-state index contributed by atoms with van der Waals surface area (Å²) in [4.78, 5) is 0. The molecule has 2 N–H and O–H groups in total. The van der Waals surface area contributed by atoms with Crippen molar-refractivity contribution >= 4 is 7.60 Å². The number of hydrogen-bond donors (Lipinski definition) is 2. The Labute approximate surface area is 84.3 Å². The summed E-state index contributed by atoms with van der Waals surface area (Å²) in [6.07, 6.45) is -0.0219. The van der Waals surface area contributed by atoms with Crippen LogP contribution in [0.15, 0.2) is 0 Å². The molecule has 6 heteroatoms. The van der Waals surface area contributed by atoms with Gasteiger partial charge in [0.1, 0.15) is 5.78 Å². The number of aliphatic hydroxyl groups excluding tert-OH is 1. The molecule has 0 aliphatic carbocycles. The average Bonchev–Trinajstić information content (AvgIpc) is 2.53. The SMILES string of the molecule is CCOP(=O)(OCC)[C@H]1C[C@H](O)CN1. The van der Waals surface area contributed by atoms with E-state index in [4.69, 9.17) is 9.05 Å². The van der Waals surface area contributed by atoms with Crippen LogP contribution in [-0.4, -0.2) is 36.8 Å². The highest BCUT2D eigenvalue weighted by Crippen LogP contribution is 2.54. The molecule has 0 bridgehead atoms. The van der Waals surface area contributed by atoms with Gasteiger partial charge in [0, 0.05) is 13.0 Å². The quantitative estimate of drug-likeness (QED) is 0.679. The van der Waals surface area contributed by atoms with Crippen molar-refractivity contribution in [2.45, 2.75) is 32.2 Å². The van der Waals surface area contributed by atoms with E-state index in [1.54, 1.807) is 13.8 Å². The van der Waals surface area contributed by atoms with E-state index >= 15 is 0 Å². The third kappa shape index (κ3) is 2.78. The molecule has 2 atom stereocenters. The van der Waals surface area contributed by atoms with Crippen LogP contribution < -0.4 is 5.32 Å². The van der Waals surface area contributed by atoms with Crippen LogP contribution in [0.3, 0.4) is 0 Å². The summed E-state index contributed by atoms with van der Waals surface area (Å²) in [6.45, 7) is 4.71. The van der Waals surface area contributed by atoms with Gasteiger partial charge in [-0.05, 0) is 13.8 Å². The number of nitrogens with one attached hydrogen (secondary N) is 1. The summed E-state index contributed by atoms with van der Waals surface area (Å²) < 4.78 is 22.5. The van der Waals surface area contributed by atoms with Crippen LogP contribution in [0.2, 0.25) is 0 Å². The third-order valence-corrected chi connectivity index (χ3v) is 4.48. The monoisotopic (exact) mass is 223 g/mol. The molecular formula is C8H18NO4P. The van der Waals surface area contributed by atoms with E-state index in [0.717, 1.165) is 0 Å². The van der Waals surface area contributed by atoms with Gasteiger partial charge >= 0.3 is 7.60 Å². The van der Waals surface area contributed by atoms with Crippen molar-refractivity contribution in [1.29, 1.82) is 0 Å². The van der Waals surface area contributed by atoms with Gasteiger partial charge in [-0.1, -0.05) is 0 Å². The van der Waals surface area contributed by atoms with Crippen LogP contribution in [-0.2, 0) is 13.6 Å². The second-order valence-corrected chi connectivity index (χ2v) is 5.41. The van der Waals surface area contributed by atoms with E-state index < -0.39 is 13.7 Å². The maximum Gasteiger partial charge on any atom is 0.347 e. The van der Waals surface area contributed by atoms with Gasteiger partial charge in [0.05, 0.1) is 19.3 Å². The second kappa shape index (κ2) is 5.24. The fraction of sp³-hybridized carbons (Fsp3) is 1.00. The highest BCUT2D eigenvalue weighted by molar-refractivity contribution is 7.54. The molecule has 5 nitrogen and oxygen atoms in total. The molecule has 1 aliphatic heterocycles. The lowest BCUT2D eigenvalue weighted by Crippen LogP contribution is -2.24. The van der Waals surface area contributed by atoms with Gasteiger partial charge in [0.25, 0.3) is 0 Å². The maximum absolute atomic E-state index is 12.1. The molecule has 0 radical (unpaired) electrons. The van der Waals surface area contributed by atoms with E-state index in [2.05, 4.69) is 5.32 Å². The summed E-state index contributed by atoms with van der Waals surface area (Å²) in [7, 11) is -3.08. The molecular weight excluding hydrogens is 205 g/mol. The summed E-state index contributed by atoms with van der Waals surface area (Å²) in [5.74, 6) is -0.364. The first-order chi connectivity index (χ1) is 6.62. The van der Waals surface area contributed by atoms with Crippen molar-refractivity contribution in [3.63, 3.8) is 0 Å². The van der Waals surface area contributed by atoms with Crippen molar-refractivity contribution in [2.24, 2.45) is 0 Å². The third-order valence-electron chi connectivity index (χ3n) is 2.08. The predicted molar refractivity (Wildman–Crippen MR) is 53.3 cm³/mol. The van der Waals surface area contributed by atoms with Gasteiger partial charge in [0.15, 0.2) is 0 Å². The van der Waals surface area contributed by atoms with E-state index in [1.165, 1.54) is 0 Å². The van der Waals surface area contributed by atoms with Gasteiger partial charge in [-0.3, -0.25) is 4.57 Å². The molecule has 1 fully saturated rings. The first-order valence-electron chi connectivity index (χ1n) is 4.92. The van der Waals surface area contributed by atoms with Crippen molar-refractivity contribution in [3.8, 4) is 0 Å². The molecule has 0 aromatic heterocycles. The molecule has 1 aliphatic rings. The molecule has 0 aromatic carbocycles. The standard InChI is InChI=1S/C8H18NO4P/c1-3-12-14(11,13-4-2)8-5-7(10)6-9-8/h7-10H,3-6H2,1-2H3/t7-,8-/m0/s1. The zero-order chi connectivity index (χ0) is 10.6. The van der Waals surface area contributed by atoms with Crippen LogP contribution >= 0.6 is 7.60 Å². The Balaban J connectivity index is 2.62. The minimum Gasteiger partial charge on any atom is -0.392 e. The van der Waals surface area contributed by atoms with Crippen LogP contribution in [0.1, 0.15) is 20.3 Å². The van der Waals surface area contributed by atoms with Crippen molar-refractivity contribution in [3.05, 3.63) is 0 Å². The van der Waals surface area contributed by atoms with Gasteiger partial charge < -0.3 is 19.5 Å². The molecule has 84 valence electrons.